The van der Waals surface area contributed by atoms with Gasteiger partial charge in [-0.1, -0.05) is 65.4 Å². The summed E-state index contributed by atoms with van der Waals surface area (Å²) in [7, 11) is 0. The first kappa shape index (κ1) is 27.2. The number of rotatable bonds is 6. The quantitative estimate of drug-likeness (QED) is 0.270. The van der Waals surface area contributed by atoms with E-state index in [1.165, 1.54) is 28.0 Å². The van der Waals surface area contributed by atoms with Crippen molar-refractivity contribution in [1.29, 1.82) is 0 Å². The summed E-state index contributed by atoms with van der Waals surface area (Å²) in [4.78, 5) is 44.0. The van der Waals surface area contributed by atoms with Crippen molar-refractivity contribution in [2.45, 2.75) is 13.0 Å². The van der Waals surface area contributed by atoms with Crippen molar-refractivity contribution in [3.8, 4) is 11.3 Å². The molecule has 0 spiro atoms. The van der Waals surface area contributed by atoms with E-state index in [4.69, 9.17) is 16.0 Å². The number of thiazole rings is 1. The van der Waals surface area contributed by atoms with Gasteiger partial charge in [0.25, 0.3) is 11.5 Å². The molecule has 0 radical (unpaired) electrons. The van der Waals surface area contributed by atoms with Gasteiger partial charge in [-0.15, -0.1) is 0 Å². The van der Waals surface area contributed by atoms with Gasteiger partial charge in [-0.05, 0) is 61.0 Å². The normalized spacial score (nSPS) is 14.8. The first-order valence-electron chi connectivity index (χ1n) is 12.9. The van der Waals surface area contributed by atoms with Crippen LogP contribution in [0.4, 0.5) is 5.69 Å². The van der Waals surface area contributed by atoms with Crippen molar-refractivity contribution >= 4 is 46.6 Å². The molecule has 3 aromatic carbocycles. The van der Waals surface area contributed by atoms with Gasteiger partial charge in [0.2, 0.25) is 0 Å². The van der Waals surface area contributed by atoms with E-state index in [1.54, 1.807) is 73.7 Å². The van der Waals surface area contributed by atoms with E-state index in [0.717, 1.165) is 0 Å². The second kappa shape index (κ2) is 11.1. The molecule has 42 heavy (non-hydrogen) atoms. The average molecular weight is 596 g/mol. The third-order valence-electron chi connectivity index (χ3n) is 6.78. The van der Waals surface area contributed by atoms with Crippen LogP contribution in [-0.2, 0) is 4.79 Å². The highest BCUT2D eigenvalue weighted by Gasteiger charge is 2.32. The van der Waals surface area contributed by atoms with E-state index < -0.39 is 12.0 Å². The van der Waals surface area contributed by atoms with Gasteiger partial charge in [0.05, 0.1) is 27.4 Å². The standard InChI is InChI=1S/C32H22ClN3O5S/c1-18-27(29(37)35-23-8-3-2-4-9-23)28(19-10-12-22(33)13-11-19)36-30(38)26(42-32(36)34-18)17-24-14-15-25(41-24)20-6-5-7-21(16-20)31(39)40/h2-17,28H,1H3,(H,35,37)(H,39,40)/b26-17-. The first-order valence-corrected chi connectivity index (χ1v) is 14.1. The van der Waals surface area contributed by atoms with Gasteiger partial charge in [-0.25, -0.2) is 9.79 Å². The SMILES string of the molecule is CC1=C(C(=O)Nc2ccccc2)C(c2ccc(Cl)cc2)n2c(s/c(=C\c3ccc(-c4cccc(C(=O)O)c4)o3)c2=O)=N1. The van der Waals surface area contributed by atoms with Crippen LogP contribution in [0.3, 0.4) is 0 Å². The molecule has 1 unspecified atom stereocenters. The zero-order valence-corrected chi connectivity index (χ0v) is 23.6. The predicted molar refractivity (Wildman–Crippen MR) is 161 cm³/mol. The summed E-state index contributed by atoms with van der Waals surface area (Å²) in [6.07, 6.45) is 1.62. The number of hydrogen-bond donors (Lipinski definition) is 2. The Morgan fingerprint density at radius 3 is 2.52 bits per heavy atom. The van der Waals surface area contributed by atoms with Crippen LogP contribution in [0.15, 0.2) is 116 Å². The van der Waals surface area contributed by atoms with Crippen LogP contribution >= 0.6 is 22.9 Å². The summed E-state index contributed by atoms with van der Waals surface area (Å²) in [5.41, 5.74) is 2.58. The number of halogens is 1. The molecule has 8 nitrogen and oxygen atoms in total. The number of allylic oxidation sites excluding steroid dienone is 1. The Bertz CT molecular complexity index is 2060. The lowest BCUT2D eigenvalue weighted by atomic mass is 9.95. The number of para-hydroxylation sites is 1. The summed E-state index contributed by atoms with van der Waals surface area (Å²) in [6, 6.07) is 25.2. The number of carboxylic acids is 1. The molecule has 6 rings (SSSR count). The highest BCUT2D eigenvalue weighted by Crippen LogP contribution is 2.31. The van der Waals surface area contributed by atoms with Gasteiger partial charge in [-0.2, -0.15) is 0 Å². The number of benzene rings is 3. The van der Waals surface area contributed by atoms with Crippen molar-refractivity contribution in [1.82, 2.24) is 4.57 Å². The van der Waals surface area contributed by atoms with Gasteiger partial charge in [0.1, 0.15) is 11.5 Å². The van der Waals surface area contributed by atoms with Crippen LogP contribution in [0.2, 0.25) is 5.02 Å². The molecule has 5 aromatic rings. The third kappa shape index (κ3) is 5.23. The van der Waals surface area contributed by atoms with Crippen molar-refractivity contribution in [2.75, 3.05) is 5.32 Å². The molecule has 0 aliphatic carbocycles. The Labute approximate surface area is 248 Å². The Balaban J connectivity index is 1.43. The van der Waals surface area contributed by atoms with Gasteiger partial charge < -0.3 is 14.8 Å². The minimum atomic E-state index is -1.04. The van der Waals surface area contributed by atoms with Crippen LogP contribution in [0.1, 0.15) is 34.6 Å². The van der Waals surface area contributed by atoms with E-state index in [0.29, 0.717) is 54.0 Å². The summed E-state index contributed by atoms with van der Waals surface area (Å²) in [5, 5.41) is 12.8. The van der Waals surface area contributed by atoms with Gasteiger partial charge >= 0.3 is 5.97 Å². The highest BCUT2D eigenvalue weighted by atomic mass is 35.5. The fourth-order valence-corrected chi connectivity index (χ4v) is 5.97. The number of hydrogen-bond acceptors (Lipinski definition) is 6. The zero-order valence-electron chi connectivity index (χ0n) is 22.1. The maximum Gasteiger partial charge on any atom is 0.335 e. The molecule has 3 heterocycles. The number of furan rings is 1. The molecule has 0 bridgehead atoms. The second-order valence-electron chi connectivity index (χ2n) is 9.54. The molecule has 0 saturated carbocycles. The highest BCUT2D eigenvalue weighted by molar-refractivity contribution is 7.07. The first-order chi connectivity index (χ1) is 20.3. The Morgan fingerprint density at radius 2 is 1.79 bits per heavy atom. The van der Waals surface area contributed by atoms with Crippen molar-refractivity contribution in [3.05, 3.63) is 144 Å². The fourth-order valence-electron chi connectivity index (χ4n) is 4.81. The zero-order chi connectivity index (χ0) is 29.4. The van der Waals surface area contributed by atoms with Gasteiger partial charge in [-0.3, -0.25) is 14.2 Å². The molecule has 1 aliphatic rings. The molecule has 10 heteroatoms. The monoisotopic (exact) mass is 595 g/mol. The van der Waals surface area contributed by atoms with Crippen molar-refractivity contribution < 1.29 is 19.1 Å². The summed E-state index contributed by atoms with van der Waals surface area (Å²) < 4.78 is 7.84. The summed E-state index contributed by atoms with van der Waals surface area (Å²) in [5.74, 6) is -0.522. The fraction of sp³-hybridized carbons (Fsp3) is 0.0625. The molecule has 0 saturated heterocycles. The summed E-state index contributed by atoms with van der Waals surface area (Å²) >= 11 is 7.35. The number of fused-ring (bicyclic) bond motifs is 1. The maximum atomic E-state index is 13.9. The second-order valence-corrected chi connectivity index (χ2v) is 11.0. The molecular formula is C32H22ClN3O5S. The van der Waals surface area contributed by atoms with Crippen LogP contribution in [0.5, 0.6) is 0 Å². The largest absolute Gasteiger partial charge is 0.478 e. The summed E-state index contributed by atoms with van der Waals surface area (Å²) in [6.45, 7) is 1.75. The molecule has 208 valence electrons. The molecule has 1 amide bonds. The minimum Gasteiger partial charge on any atom is -0.478 e. The number of aromatic carboxylic acids is 1. The Hall–Kier alpha value is -4.99. The van der Waals surface area contributed by atoms with Gasteiger partial charge in [0.15, 0.2) is 4.80 Å². The van der Waals surface area contributed by atoms with E-state index in [9.17, 15) is 19.5 Å². The number of carboxylic acid groups (broad SMARTS) is 1. The van der Waals surface area contributed by atoms with Gasteiger partial charge in [0, 0.05) is 22.3 Å². The lowest BCUT2D eigenvalue weighted by molar-refractivity contribution is -0.113. The van der Waals surface area contributed by atoms with E-state index in [1.807, 2.05) is 18.2 Å². The number of carbonyl (C=O) groups is 2. The predicted octanol–water partition coefficient (Wildman–Crippen LogP) is 5.49. The number of amides is 1. The number of aromatic nitrogens is 1. The lowest BCUT2D eigenvalue weighted by Gasteiger charge is -2.25. The minimum absolute atomic E-state index is 0.142. The molecule has 0 fully saturated rings. The van der Waals surface area contributed by atoms with Crippen LogP contribution in [0, 0.1) is 0 Å². The molecule has 1 aliphatic heterocycles. The lowest BCUT2D eigenvalue weighted by Crippen LogP contribution is -2.40. The third-order valence-corrected chi connectivity index (χ3v) is 8.01. The molecular weight excluding hydrogens is 574 g/mol. The van der Waals surface area contributed by atoms with Crippen LogP contribution in [0.25, 0.3) is 17.4 Å². The van der Waals surface area contributed by atoms with Crippen molar-refractivity contribution in [2.24, 2.45) is 4.99 Å². The Kier molecular flexibility index (Phi) is 7.20. The van der Waals surface area contributed by atoms with Crippen LogP contribution < -0.4 is 20.2 Å². The molecule has 1 atom stereocenters. The van der Waals surface area contributed by atoms with E-state index in [-0.39, 0.29) is 17.0 Å². The van der Waals surface area contributed by atoms with Crippen molar-refractivity contribution in [3.63, 3.8) is 0 Å². The number of nitrogens with one attached hydrogen (secondary N) is 1. The number of carbonyl (C=O) groups excluding carboxylic acids is 1. The average Bonchev–Trinajstić information content (AvgIpc) is 3.57. The Morgan fingerprint density at radius 1 is 1.02 bits per heavy atom. The van der Waals surface area contributed by atoms with E-state index in [2.05, 4.69) is 10.3 Å². The molecule has 2 N–H and O–H groups in total. The maximum absolute atomic E-state index is 13.9. The number of nitrogens with zero attached hydrogens (tertiary/aromatic N) is 2. The van der Waals surface area contributed by atoms with Crippen LogP contribution in [-0.4, -0.2) is 21.6 Å². The molecule has 2 aromatic heterocycles. The topological polar surface area (TPSA) is 114 Å². The van der Waals surface area contributed by atoms with E-state index >= 15 is 0 Å². The number of anilines is 1. The smallest absolute Gasteiger partial charge is 0.335 e.